The van der Waals surface area contributed by atoms with Crippen molar-refractivity contribution in [2.24, 2.45) is 23.5 Å². The summed E-state index contributed by atoms with van der Waals surface area (Å²) in [6.07, 6.45) is 2.66. The number of aliphatic hydroxyl groups excluding tert-OH is 10. The van der Waals surface area contributed by atoms with Gasteiger partial charge in [0.1, 0.15) is 24.2 Å². The lowest BCUT2D eigenvalue weighted by Gasteiger charge is -2.44. The van der Waals surface area contributed by atoms with Gasteiger partial charge in [0.05, 0.1) is 92.8 Å². The second-order valence-electron chi connectivity index (χ2n) is 17.6. The van der Waals surface area contributed by atoms with E-state index in [9.17, 15) is 60.7 Å². The van der Waals surface area contributed by atoms with Crippen LogP contribution in [0, 0.1) is 17.8 Å². The largest absolute Gasteiger partial charge is 0.469 e. The fourth-order valence-corrected chi connectivity index (χ4v) is 7.99. The molecule has 66 heavy (non-hydrogen) atoms. The molecule has 20 atom stereocenters. The summed E-state index contributed by atoms with van der Waals surface area (Å²) in [4.78, 5) is 25.7. The van der Waals surface area contributed by atoms with Crippen molar-refractivity contribution in [3.05, 3.63) is 85.1 Å². The van der Waals surface area contributed by atoms with Crippen LogP contribution < -0.4 is 5.73 Å². The fraction of sp³-hybridized carbons (Fsp3) is 0.667. The lowest BCUT2D eigenvalue weighted by molar-refractivity contribution is -0.281. The highest BCUT2D eigenvalue weighted by Crippen LogP contribution is 2.34. The number of aliphatic hydroxyl groups is 10. The van der Waals surface area contributed by atoms with Crippen LogP contribution in [0.3, 0.4) is 0 Å². The molecule has 0 aliphatic carbocycles. The first kappa shape index (κ1) is 56.9. The van der Waals surface area contributed by atoms with Crippen molar-refractivity contribution in [2.75, 3.05) is 7.11 Å². The molecule has 0 aromatic carbocycles. The van der Waals surface area contributed by atoms with Crippen molar-refractivity contribution in [1.82, 2.24) is 0 Å². The minimum Gasteiger partial charge on any atom is -0.469 e. The number of carbonyl (C=O) groups excluding carboxylic acids is 2. The van der Waals surface area contributed by atoms with Gasteiger partial charge in [0, 0.05) is 31.1 Å². The Morgan fingerprint density at radius 3 is 1.76 bits per heavy atom. The van der Waals surface area contributed by atoms with Gasteiger partial charge < -0.3 is 80.5 Å². The van der Waals surface area contributed by atoms with Gasteiger partial charge in [-0.2, -0.15) is 0 Å². The Morgan fingerprint density at radius 1 is 0.591 bits per heavy atom. The molecule has 12 N–H and O–H groups in total. The first-order valence-electron chi connectivity index (χ1n) is 22.7. The van der Waals surface area contributed by atoms with Crippen molar-refractivity contribution >= 4 is 11.9 Å². The molecular weight excluding hydrogens is 863 g/mol. The zero-order chi connectivity index (χ0) is 49.1. The number of cyclic esters (lactones) is 1. The van der Waals surface area contributed by atoms with Crippen LogP contribution in [0.1, 0.15) is 72.6 Å². The molecule has 3 aliphatic heterocycles. The lowest BCUT2D eigenvalue weighted by Crippen LogP contribution is -2.62. The summed E-state index contributed by atoms with van der Waals surface area (Å²) in [5.74, 6) is -3.79. The van der Waals surface area contributed by atoms with E-state index < -0.39 is 141 Å². The predicted molar refractivity (Wildman–Crippen MR) is 242 cm³/mol. The van der Waals surface area contributed by atoms with Gasteiger partial charge in [-0.05, 0) is 33.1 Å². The molecule has 0 aromatic rings. The standard InChI is InChI=1S/C48H75NO17/c1-27-18-16-14-12-10-8-6-7-9-11-13-15-17-19-34(65-48-46(60)41(49)43(57)30(4)64-48)26-37-40(47(61)62-5)45(59)44(58)38(66-37)24-33(52)23-36(54)35(53)21-20-31(50)22-32(51)25-39(55)63-29(3)28(2)42(27)56/h6-19,27-38,40-46,48,50-54,56-60H,20-26,49H2,1-5H3/b7-6+,10-8+,11-9+,14-12+,15-13+,18-16+,19-17+/t27-,28-,29-,30+,31+,32+,33-,34-,35+,36+,37-,38+,40-,41-,42+,43+,44+,45+,46-,48-/m0/s1. The van der Waals surface area contributed by atoms with Crippen LogP contribution in [-0.4, -0.2) is 174 Å². The van der Waals surface area contributed by atoms with E-state index in [0.717, 1.165) is 7.11 Å². The van der Waals surface area contributed by atoms with Gasteiger partial charge >= 0.3 is 11.9 Å². The van der Waals surface area contributed by atoms with Gasteiger partial charge in [0.25, 0.3) is 0 Å². The number of ether oxygens (including phenoxy) is 5. The summed E-state index contributed by atoms with van der Waals surface area (Å²) in [5, 5.41) is 108. The molecule has 0 unspecified atom stereocenters. The van der Waals surface area contributed by atoms with Gasteiger partial charge in [-0.25, -0.2) is 0 Å². The van der Waals surface area contributed by atoms with Crippen LogP contribution in [0.5, 0.6) is 0 Å². The summed E-state index contributed by atoms with van der Waals surface area (Å²) in [6.45, 7) is 6.79. The number of carbonyl (C=O) groups is 2. The quantitative estimate of drug-likeness (QED) is 0.171. The van der Waals surface area contributed by atoms with Gasteiger partial charge in [-0.3, -0.25) is 9.59 Å². The molecule has 0 amide bonds. The Kier molecular flexibility index (Phi) is 24.8. The average molecular weight is 938 g/mol. The van der Waals surface area contributed by atoms with Crippen molar-refractivity contribution in [3.63, 3.8) is 0 Å². The third kappa shape index (κ3) is 18.2. The second-order valence-corrected chi connectivity index (χ2v) is 17.6. The molecule has 3 heterocycles. The summed E-state index contributed by atoms with van der Waals surface area (Å²) in [5.41, 5.74) is 6.05. The van der Waals surface area contributed by atoms with Crippen molar-refractivity contribution in [2.45, 2.75) is 177 Å². The number of fused-ring (bicyclic) bond motifs is 2. The van der Waals surface area contributed by atoms with E-state index in [1.165, 1.54) is 0 Å². The Morgan fingerprint density at radius 2 is 1.17 bits per heavy atom. The molecule has 18 heteroatoms. The van der Waals surface area contributed by atoms with Gasteiger partial charge in [-0.15, -0.1) is 0 Å². The summed E-state index contributed by atoms with van der Waals surface area (Å²) in [6, 6.07) is -1.12. The molecule has 374 valence electrons. The normalized spacial score (nSPS) is 44.9. The average Bonchev–Trinajstić information content (AvgIpc) is 3.26. The molecule has 2 bridgehead atoms. The number of hydrogen-bond donors (Lipinski definition) is 11. The Labute approximate surface area is 387 Å². The molecule has 0 aromatic heterocycles. The van der Waals surface area contributed by atoms with Gasteiger partial charge in [0.15, 0.2) is 6.29 Å². The second kappa shape index (κ2) is 28.8. The highest BCUT2D eigenvalue weighted by atomic mass is 16.7. The van der Waals surface area contributed by atoms with E-state index in [-0.39, 0.29) is 38.0 Å². The molecule has 0 saturated carbocycles. The van der Waals surface area contributed by atoms with Crippen molar-refractivity contribution < 1.29 is 84.3 Å². The Hall–Kier alpha value is -3.44. The number of hydrogen-bond acceptors (Lipinski definition) is 18. The Bertz CT molecular complexity index is 1670. The van der Waals surface area contributed by atoms with Crippen LogP contribution >= 0.6 is 0 Å². The van der Waals surface area contributed by atoms with Gasteiger partial charge in [0.2, 0.25) is 0 Å². The minimum atomic E-state index is -1.75. The number of allylic oxidation sites excluding steroid dienone is 12. The summed E-state index contributed by atoms with van der Waals surface area (Å²) < 4.78 is 28.5. The van der Waals surface area contributed by atoms with E-state index in [1.807, 2.05) is 37.3 Å². The third-order valence-electron chi connectivity index (χ3n) is 12.3. The van der Waals surface area contributed by atoms with Crippen LogP contribution in [0.4, 0.5) is 0 Å². The maximum Gasteiger partial charge on any atom is 0.314 e. The number of methoxy groups -OCH3 is 1. The van der Waals surface area contributed by atoms with Crippen molar-refractivity contribution in [1.29, 1.82) is 0 Å². The maximum absolute atomic E-state index is 13.1. The predicted octanol–water partition coefficient (Wildman–Crippen LogP) is 0.451. The van der Waals surface area contributed by atoms with E-state index in [1.54, 1.807) is 75.5 Å². The maximum atomic E-state index is 13.1. The number of rotatable bonds is 3. The van der Waals surface area contributed by atoms with Crippen LogP contribution in [-0.2, 0) is 33.3 Å². The van der Waals surface area contributed by atoms with Gasteiger partial charge in [-0.1, -0.05) is 98.9 Å². The molecule has 0 radical (unpaired) electrons. The SMILES string of the molecule is COC(=O)[C@@H]1[C@@H](O)[C@H](O)[C@H]2C[C@@H](O)C[C@@H](O)[C@H](O)CC[C@@H](O)C[C@@H](O)CC(=O)O[C@@H](C)[C@H](C)[C@H](O)[C@@H](C)/C=C/C=C/C=C/C=C/C=C/C=C/C=C/[C@H](O[C@@H]3O[C@H](C)[C@@H](O)[C@H](N)[C@@H]3O)C[C@@H]1O2. The van der Waals surface area contributed by atoms with Crippen LogP contribution in [0.2, 0.25) is 0 Å². The molecule has 2 saturated heterocycles. The molecule has 2 fully saturated rings. The minimum absolute atomic E-state index is 0.0836. The highest BCUT2D eigenvalue weighted by molar-refractivity contribution is 5.74. The fourth-order valence-electron chi connectivity index (χ4n) is 7.99. The molecular formula is C48H75NO17. The first-order chi connectivity index (χ1) is 31.2. The molecule has 3 rings (SSSR count). The van der Waals surface area contributed by atoms with E-state index in [4.69, 9.17) is 29.4 Å². The molecule has 3 aliphatic rings. The summed E-state index contributed by atoms with van der Waals surface area (Å²) in [7, 11) is 1.10. The van der Waals surface area contributed by atoms with Crippen molar-refractivity contribution in [3.8, 4) is 0 Å². The monoisotopic (exact) mass is 938 g/mol. The number of nitrogens with two attached hydrogens (primary N) is 1. The van der Waals surface area contributed by atoms with Crippen LogP contribution in [0.15, 0.2) is 85.1 Å². The zero-order valence-corrected chi connectivity index (χ0v) is 38.5. The lowest BCUT2D eigenvalue weighted by atomic mass is 9.82. The first-order valence-corrected chi connectivity index (χ1v) is 22.7. The Balaban J connectivity index is 1.87. The zero-order valence-electron chi connectivity index (χ0n) is 38.5. The van der Waals surface area contributed by atoms with E-state index >= 15 is 0 Å². The van der Waals surface area contributed by atoms with E-state index in [2.05, 4.69) is 0 Å². The third-order valence-corrected chi connectivity index (χ3v) is 12.3. The summed E-state index contributed by atoms with van der Waals surface area (Å²) >= 11 is 0. The van der Waals surface area contributed by atoms with Crippen LogP contribution in [0.25, 0.3) is 0 Å². The molecule has 18 nitrogen and oxygen atoms in total. The molecule has 0 spiro atoms. The highest BCUT2D eigenvalue weighted by Gasteiger charge is 2.50. The topological polar surface area (TPSA) is 309 Å². The smallest absolute Gasteiger partial charge is 0.314 e. The van der Waals surface area contributed by atoms with E-state index in [0.29, 0.717) is 0 Å². The number of esters is 2.